The van der Waals surface area contributed by atoms with Crippen LogP contribution in [0.2, 0.25) is 0 Å². The molecule has 3 unspecified atom stereocenters. The zero-order chi connectivity index (χ0) is 14.2. The lowest BCUT2D eigenvalue weighted by Gasteiger charge is -2.24. The van der Waals surface area contributed by atoms with E-state index in [0.29, 0.717) is 17.6 Å². The summed E-state index contributed by atoms with van der Waals surface area (Å²) in [5, 5.41) is 10.5. The molecule has 1 aromatic rings. The van der Waals surface area contributed by atoms with Gasteiger partial charge >= 0.3 is 0 Å². The van der Waals surface area contributed by atoms with E-state index in [-0.39, 0.29) is 10.5 Å². The average Bonchev–Trinajstić information content (AvgIpc) is 3.20. The number of rotatable bonds is 5. The van der Waals surface area contributed by atoms with Gasteiger partial charge in [0.05, 0.1) is 0 Å². The van der Waals surface area contributed by atoms with Gasteiger partial charge in [0.1, 0.15) is 16.2 Å². The highest BCUT2D eigenvalue weighted by Gasteiger charge is 2.32. The van der Waals surface area contributed by atoms with E-state index in [4.69, 9.17) is 0 Å². The molecule has 0 spiro atoms. The number of aromatic hydroxyl groups is 1. The molecule has 2 nitrogen and oxygen atoms in total. The van der Waals surface area contributed by atoms with Crippen LogP contribution < -0.4 is 0 Å². The highest BCUT2D eigenvalue weighted by Crippen LogP contribution is 2.46. The van der Waals surface area contributed by atoms with Gasteiger partial charge in [0.2, 0.25) is 0 Å². The van der Waals surface area contributed by atoms with Crippen LogP contribution in [0.1, 0.15) is 62.8 Å². The van der Waals surface area contributed by atoms with Gasteiger partial charge in [0, 0.05) is 5.56 Å². The molecular formula is C16H24O2S. The fourth-order valence-corrected chi connectivity index (χ4v) is 3.92. The average molecular weight is 280 g/mol. The van der Waals surface area contributed by atoms with Crippen LogP contribution in [-0.4, -0.2) is 14.9 Å². The van der Waals surface area contributed by atoms with Crippen LogP contribution in [0, 0.1) is 5.92 Å². The van der Waals surface area contributed by atoms with Crippen LogP contribution in [-0.2, 0) is 11.2 Å². The third-order valence-corrected chi connectivity index (χ3v) is 6.05. The molecule has 1 N–H and O–H groups in total. The van der Waals surface area contributed by atoms with Crippen LogP contribution >= 0.6 is 0 Å². The first-order valence-corrected chi connectivity index (χ1v) is 8.42. The summed E-state index contributed by atoms with van der Waals surface area (Å²) in [5.41, 5.74) is 1.85. The number of hydrogen-bond acceptors (Lipinski definition) is 2. The summed E-state index contributed by atoms with van der Waals surface area (Å²) in [5.74, 6) is 1.48. The maximum absolute atomic E-state index is 12.2. The fraction of sp³-hybridized carbons (Fsp3) is 0.625. The van der Waals surface area contributed by atoms with Gasteiger partial charge in [0.25, 0.3) is 0 Å². The van der Waals surface area contributed by atoms with Crippen molar-refractivity contribution in [3.05, 3.63) is 29.3 Å². The molecule has 0 aromatic heterocycles. The quantitative estimate of drug-likeness (QED) is 0.824. The molecule has 0 heterocycles. The molecule has 3 atom stereocenters. The van der Waals surface area contributed by atoms with Gasteiger partial charge in [-0.1, -0.05) is 25.1 Å². The Morgan fingerprint density at radius 1 is 1.16 bits per heavy atom. The molecule has 1 fully saturated rings. The highest BCUT2D eigenvalue weighted by atomic mass is 32.2. The molecule has 19 heavy (non-hydrogen) atoms. The summed E-state index contributed by atoms with van der Waals surface area (Å²) in [7, 11) is 0. The highest BCUT2D eigenvalue weighted by molar-refractivity contribution is 7.92. The predicted molar refractivity (Wildman–Crippen MR) is 80.9 cm³/mol. The molecule has 0 amide bonds. The van der Waals surface area contributed by atoms with E-state index in [0.717, 1.165) is 11.1 Å². The maximum Gasteiger partial charge on any atom is 0.141 e. The van der Waals surface area contributed by atoms with Gasteiger partial charge in [0.15, 0.2) is 0 Å². The van der Waals surface area contributed by atoms with Crippen molar-refractivity contribution in [3.63, 3.8) is 0 Å². The lowest BCUT2D eigenvalue weighted by Crippen LogP contribution is -2.20. The van der Waals surface area contributed by atoms with Crippen molar-refractivity contribution >= 4 is 11.2 Å². The van der Waals surface area contributed by atoms with Crippen LogP contribution in [0.4, 0.5) is 0 Å². The predicted octanol–water partition coefficient (Wildman–Crippen LogP) is 4.12. The summed E-state index contributed by atoms with van der Waals surface area (Å²) in [6, 6.07) is 5.90. The second-order valence-electron chi connectivity index (χ2n) is 5.93. The van der Waals surface area contributed by atoms with Crippen LogP contribution in [0.25, 0.3) is 0 Å². The first-order chi connectivity index (χ1) is 8.93. The third-order valence-electron chi connectivity index (χ3n) is 4.17. The smallest absolute Gasteiger partial charge is 0.141 e. The largest absolute Gasteiger partial charge is 0.616 e. The van der Waals surface area contributed by atoms with Crippen LogP contribution in [0.15, 0.2) is 18.2 Å². The van der Waals surface area contributed by atoms with Crippen molar-refractivity contribution < 1.29 is 9.66 Å². The van der Waals surface area contributed by atoms with Crippen molar-refractivity contribution in [2.45, 2.75) is 57.0 Å². The minimum absolute atomic E-state index is 0.110. The van der Waals surface area contributed by atoms with Crippen LogP contribution in [0.5, 0.6) is 5.75 Å². The van der Waals surface area contributed by atoms with E-state index in [9.17, 15) is 9.66 Å². The van der Waals surface area contributed by atoms with Crippen molar-refractivity contribution in [2.24, 2.45) is 5.92 Å². The van der Waals surface area contributed by atoms with Gasteiger partial charge in [-0.3, -0.25) is 0 Å². The molecule has 1 aliphatic carbocycles. The number of phenolic OH excluding ortho intramolecular Hbond substituents is 1. The van der Waals surface area contributed by atoms with Gasteiger partial charge < -0.3 is 9.66 Å². The number of benzene rings is 1. The summed E-state index contributed by atoms with van der Waals surface area (Å²) >= 11 is -0.954. The molecule has 2 rings (SSSR count). The molecule has 0 saturated heterocycles. The second-order valence-corrected chi connectivity index (χ2v) is 8.24. The number of hydrogen-bond donors (Lipinski definition) is 1. The van der Waals surface area contributed by atoms with E-state index in [1.807, 2.05) is 39.0 Å². The standard InChI is InChI=1S/C16H24O2S/c1-10(2)19(18)12(4)15-7-5-6-14(16(15)17)11(3)13-8-9-13/h5-7,10-13,17H,8-9H2,1-4H3. The topological polar surface area (TPSA) is 43.3 Å². The van der Waals surface area contributed by atoms with Crippen molar-refractivity contribution in [1.82, 2.24) is 0 Å². The molecule has 0 bridgehead atoms. The van der Waals surface area contributed by atoms with E-state index >= 15 is 0 Å². The summed E-state index contributed by atoms with van der Waals surface area (Å²) in [6.07, 6.45) is 2.52. The molecule has 1 saturated carbocycles. The van der Waals surface area contributed by atoms with Crippen molar-refractivity contribution in [2.75, 3.05) is 0 Å². The minimum atomic E-state index is -0.954. The Kier molecular flexibility index (Phi) is 4.46. The van der Waals surface area contributed by atoms with E-state index in [1.54, 1.807) is 0 Å². The van der Waals surface area contributed by atoms with Gasteiger partial charge in [-0.2, -0.15) is 0 Å². The number of phenols is 1. The zero-order valence-corrected chi connectivity index (χ0v) is 13.0. The number of para-hydroxylation sites is 1. The molecular weight excluding hydrogens is 256 g/mol. The summed E-state index contributed by atoms with van der Waals surface area (Å²) in [6.45, 7) is 8.04. The monoisotopic (exact) mass is 280 g/mol. The molecule has 1 aliphatic rings. The Hall–Kier alpha value is -0.670. The lowest BCUT2D eigenvalue weighted by atomic mass is 9.93. The first-order valence-electron chi connectivity index (χ1n) is 7.14. The normalized spacial score (nSPS) is 20.3. The lowest BCUT2D eigenvalue weighted by molar-refractivity contribution is 0.450. The minimum Gasteiger partial charge on any atom is -0.616 e. The Morgan fingerprint density at radius 3 is 2.26 bits per heavy atom. The van der Waals surface area contributed by atoms with Crippen molar-refractivity contribution in [1.29, 1.82) is 0 Å². The summed E-state index contributed by atoms with van der Waals surface area (Å²) < 4.78 is 12.2. The first kappa shape index (κ1) is 14.7. The molecule has 0 aliphatic heterocycles. The van der Waals surface area contributed by atoms with Gasteiger partial charge in [-0.05, 0) is 62.2 Å². The Morgan fingerprint density at radius 2 is 1.74 bits per heavy atom. The SMILES string of the molecule is CC(c1cccc(C(C)[S+]([O-])C(C)C)c1O)C1CC1. The molecule has 0 radical (unpaired) electrons. The molecule has 3 heteroatoms. The van der Waals surface area contributed by atoms with E-state index < -0.39 is 11.2 Å². The second kappa shape index (κ2) is 5.76. The van der Waals surface area contributed by atoms with Gasteiger partial charge in [-0.15, -0.1) is 0 Å². The maximum atomic E-state index is 12.2. The van der Waals surface area contributed by atoms with Crippen molar-refractivity contribution in [3.8, 4) is 5.75 Å². The van der Waals surface area contributed by atoms with E-state index in [2.05, 4.69) is 6.92 Å². The zero-order valence-electron chi connectivity index (χ0n) is 12.2. The molecule has 1 aromatic carbocycles. The Balaban J connectivity index is 2.28. The fourth-order valence-electron chi connectivity index (χ4n) is 2.66. The Labute approximate surface area is 119 Å². The third kappa shape index (κ3) is 3.09. The summed E-state index contributed by atoms with van der Waals surface area (Å²) in [4.78, 5) is 0. The van der Waals surface area contributed by atoms with E-state index in [1.165, 1.54) is 12.8 Å². The Bertz CT molecular complexity index is 440. The van der Waals surface area contributed by atoms with Crippen LogP contribution in [0.3, 0.4) is 0 Å². The molecule has 106 valence electrons. The van der Waals surface area contributed by atoms with Gasteiger partial charge in [-0.25, -0.2) is 0 Å².